The molecule has 160 valence electrons. The largest absolute Gasteiger partial charge is 0.352 e. The lowest BCUT2D eigenvalue weighted by atomic mass is 10.1. The number of hydrogen-bond acceptors (Lipinski definition) is 7. The smallest absolute Gasteiger partial charge is 0.268 e. The molecule has 0 saturated carbocycles. The molecule has 31 heavy (non-hydrogen) atoms. The van der Waals surface area contributed by atoms with E-state index in [1.807, 2.05) is 52.0 Å². The lowest BCUT2D eigenvalue weighted by Gasteiger charge is -2.12. The molecule has 0 saturated heterocycles. The van der Waals surface area contributed by atoms with Gasteiger partial charge in [-0.25, -0.2) is 4.98 Å². The number of nitrogens with one attached hydrogen (secondary N) is 1. The Labute approximate surface area is 182 Å². The molecule has 1 atom stereocenters. The van der Waals surface area contributed by atoms with Crippen LogP contribution in [0.15, 0.2) is 39.9 Å². The van der Waals surface area contributed by atoms with Gasteiger partial charge in [-0.15, -0.1) is 11.3 Å². The maximum Gasteiger partial charge on any atom is 0.268 e. The van der Waals surface area contributed by atoms with Crippen LogP contribution in [0.25, 0.3) is 32.4 Å². The summed E-state index contributed by atoms with van der Waals surface area (Å²) < 4.78 is 6.82. The highest BCUT2D eigenvalue weighted by molar-refractivity contribution is 7.22. The van der Waals surface area contributed by atoms with E-state index in [-0.39, 0.29) is 24.1 Å². The number of carbonyl (C=O) groups is 1. The molecule has 8 nitrogen and oxygen atoms in total. The molecule has 0 aliphatic heterocycles. The highest BCUT2D eigenvalue weighted by Gasteiger charge is 2.21. The summed E-state index contributed by atoms with van der Waals surface area (Å²) in [6.45, 7) is 7.67. The number of benzene rings is 1. The first-order valence-electron chi connectivity index (χ1n) is 10.1. The van der Waals surface area contributed by atoms with E-state index in [4.69, 9.17) is 4.52 Å². The summed E-state index contributed by atoms with van der Waals surface area (Å²) in [6.07, 6.45) is 2.23. The Balaban J connectivity index is 1.68. The van der Waals surface area contributed by atoms with Crippen LogP contribution in [0.3, 0.4) is 0 Å². The van der Waals surface area contributed by atoms with E-state index in [0.717, 1.165) is 17.5 Å². The zero-order chi connectivity index (χ0) is 22.1. The molecular formula is C22H23N5O3S. The molecule has 0 bridgehead atoms. The van der Waals surface area contributed by atoms with Gasteiger partial charge < -0.3 is 9.84 Å². The molecule has 4 rings (SSSR count). The third-order valence-electron chi connectivity index (χ3n) is 5.15. The van der Waals surface area contributed by atoms with Crippen molar-refractivity contribution in [2.24, 2.45) is 0 Å². The van der Waals surface area contributed by atoms with Crippen LogP contribution < -0.4 is 10.9 Å². The predicted molar refractivity (Wildman–Crippen MR) is 120 cm³/mol. The van der Waals surface area contributed by atoms with Crippen molar-refractivity contribution in [2.45, 2.75) is 46.7 Å². The number of hydrogen-bond donors (Lipinski definition) is 1. The molecule has 0 radical (unpaired) electrons. The van der Waals surface area contributed by atoms with E-state index >= 15 is 0 Å². The molecule has 0 fully saturated rings. The van der Waals surface area contributed by atoms with Gasteiger partial charge in [-0.1, -0.05) is 35.8 Å². The Hall–Kier alpha value is -3.33. The minimum atomic E-state index is -0.261. The number of amides is 1. The number of thiophene rings is 1. The summed E-state index contributed by atoms with van der Waals surface area (Å²) in [4.78, 5) is 35.4. The zero-order valence-electron chi connectivity index (χ0n) is 17.8. The van der Waals surface area contributed by atoms with Gasteiger partial charge in [0.05, 0.1) is 16.6 Å². The van der Waals surface area contributed by atoms with Gasteiger partial charge in [0.15, 0.2) is 0 Å². The van der Waals surface area contributed by atoms with Crippen LogP contribution >= 0.6 is 11.3 Å². The molecule has 0 aliphatic rings. The Morgan fingerprint density at radius 1 is 1.32 bits per heavy atom. The average Bonchev–Trinajstić information content (AvgIpc) is 3.35. The van der Waals surface area contributed by atoms with Gasteiger partial charge in [-0.2, -0.15) is 4.98 Å². The summed E-state index contributed by atoms with van der Waals surface area (Å²) in [7, 11) is 0. The minimum Gasteiger partial charge on any atom is -0.352 e. The maximum absolute atomic E-state index is 13.0. The Morgan fingerprint density at radius 2 is 2.13 bits per heavy atom. The fraction of sp³-hybridized carbons (Fsp3) is 0.318. The van der Waals surface area contributed by atoms with Gasteiger partial charge in [0.1, 0.15) is 11.4 Å². The van der Waals surface area contributed by atoms with E-state index < -0.39 is 0 Å². The Kier molecular flexibility index (Phi) is 5.69. The fourth-order valence-electron chi connectivity index (χ4n) is 3.27. The first-order chi connectivity index (χ1) is 14.9. The second-order valence-electron chi connectivity index (χ2n) is 7.58. The summed E-state index contributed by atoms with van der Waals surface area (Å²) in [5, 5.41) is 7.42. The molecular weight excluding hydrogens is 414 g/mol. The summed E-state index contributed by atoms with van der Waals surface area (Å²) in [5.74, 6) is 0.616. The minimum absolute atomic E-state index is 0.0505. The van der Waals surface area contributed by atoms with E-state index in [2.05, 4.69) is 20.4 Å². The van der Waals surface area contributed by atoms with Crippen LogP contribution in [0.2, 0.25) is 0 Å². The van der Waals surface area contributed by atoms with Crippen molar-refractivity contribution < 1.29 is 9.32 Å². The standard InChI is InChI=1S/C22H23N5O3S/c1-5-13(3)24-16(28)10-27-11-23-21-17(22(27)29)14(4)18(31-21)20-25-19(26-30-20)15-8-6-7-12(2)9-15/h6-9,11,13H,5,10H2,1-4H3,(H,24,28)/t13-/m0/s1. The monoisotopic (exact) mass is 437 g/mol. The van der Waals surface area contributed by atoms with E-state index in [1.54, 1.807) is 0 Å². The number of rotatable bonds is 6. The molecule has 3 heterocycles. The zero-order valence-corrected chi connectivity index (χ0v) is 18.6. The second kappa shape index (κ2) is 8.43. The quantitative estimate of drug-likeness (QED) is 0.493. The number of aromatic nitrogens is 4. The fourth-order valence-corrected chi connectivity index (χ4v) is 4.33. The second-order valence-corrected chi connectivity index (χ2v) is 8.58. The number of carbonyl (C=O) groups excluding carboxylic acids is 1. The van der Waals surface area contributed by atoms with Gasteiger partial charge in [0.25, 0.3) is 11.4 Å². The Morgan fingerprint density at radius 3 is 2.87 bits per heavy atom. The third kappa shape index (κ3) is 4.13. The van der Waals surface area contributed by atoms with Crippen LogP contribution in [-0.2, 0) is 11.3 Å². The number of nitrogens with zero attached hydrogens (tertiary/aromatic N) is 4. The lowest BCUT2D eigenvalue weighted by Crippen LogP contribution is -2.37. The highest BCUT2D eigenvalue weighted by atomic mass is 32.1. The molecule has 1 N–H and O–H groups in total. The lowest BCUT2D eigenvalue weighted by molar-refractivity contribution is -0.122. The van der Waals surface area contributed by atoms with Gasteiger partial charge >= 0.3 is 0 Å². The van der Waals surface area contributed by atoms with Gasteiger partial charge in [0.2, 0.25) is 11.7 Å². The summed E-state index contributed by atoms with van der Waals surface area (Å²) >= 11 is 1.32. The van der Waals surface area contributed by atoms with Crippen LogP contribution in [0.4, 0.5) is 0 Å². The summed E-state index contributed by atoms with van der Waals surface area (Å²) in [6, 6.07) is 7.89. The Bertz CT molecular complexity index is 1320. The van der Waals surface area contributed by atoms with E-state index in [1.165, 1.54) is 22.2 Å². The van der Waals surface area contributed by atoms with Crippen molar-refractivity contribution in [2.75, 3.05) is 0 Å². The van der Waals surface area contributed by atoms with E-state index in [9.17, 15) is 9.59 Å². The number of fused-ring (bicyclic) bond motifs is 1. The van der Waals surface area contributed by atoms with Crippen molar-refractivity contribution in [3.63, 3.8) is 0 Å². The van der Waals surface area contributed by atoms with Gasteiger partial charge in [-0.3, -0.25) is 14.2 Å². The molecule has 3 aromatic heterocycles. The topological polar surface area (TPSA) is 103 Å². The molecule has 9 heteroatoms. The predicted octanol–water partition coefficient (Wildman–Crippen LogP) is 3.71. The third-order valence-corrected chi connectivity index (χ3v) is 6.34. The maximum atomic E-state index is 13.0. The molecule has 1 amide bonds. The van der Waals surface area contributed by atoms with E-state index in [0.29, 0.717) is 32.4 Å². The van der Waals surface area contributed by atoms with Crippen molar-refractivity contribution >= 4 is 27.5 Å². The van der Waals surface area contributed by atoms with Crippen LogP contribution in [0.5, 0.6) is 0 Å². The van der Waals surface area contributed by atoms with Gasteiger partial charge in [-0.05, 0) is 38.8 Å². The molecule has 0 spiro atoms. The molecule has 0 unspecified atom stereocenters. The molecule has 1 aromatic carbocycles. The van der Waals surface area contributed by atoms with Crippen molar-refractivity contribution in [1.82, 2.24) is 25.0 Å². The van der Waals surface area contributed by atoms with Crippen LogP contribution in [0.1, 0.15) is 31.4 Å². The molecule has 0 aliphatic carbocycles. The van der Waals surface area contributed by atoms with Crippen molar-refractivity contribution in [1.29, 1.82) is 0 Å². The first kappa shape index (κ1) is 20.9. The van der Waals surface area contributed by atoms with Crippen molar-refractivity contribution in [3.8, 4) is 22.2 Å². The number of aryl methyl sites for hydroxylation is 2. The SMILES string of the molecule is CC[C@H](C)NC(=O)Cn1cnc2sc(-c3nc(-c4cccc(C)c4)no3)c(C)c2c1=O. The summed E-state index contributed by atoms with van der Waals surface area (Å²) in [5.41, 5.74) is 2.42. The van der Waals surface area contributed by atoms with Gasteiger partial charge in [0, 0.05) is 11.6 Å². The molecule has 4 aromatic rings. The highest BCUT2D eigenvalue weighted by Crippen LogP contribution is 2.35. The van der Waals surface area contributed by atoms with Crippen LogP contribution in [0, 0.1) is 13.8 Å². The normalized spacial score (nSPS) is 12.3. The van der Waals surface area contributed by atoms with Crippen molar-refractivity contribution in [3.05, 3.63) is 52.1 Å². The average molecular weight is 438 g/mol. The van der Waals surface area contributed by atoms with Crippen LogP contribution in [-0.4, -0.2) is 31.6 Å². The first-order valence-corrected chi connectivity index (χ1v) is 10.9.